The molecule has 0 atom stereocenters. The van der Waals surface area contributed by atoms with Crippen molar-refractivity contribution in [2.24, 2.45) is 16.1 Å². The molecule has 3 rings (SSSR count). The van der Waals surface area contributed by atoms with Crippen LogP contribution in [0, 0.1) is 25.2 Å². The number of hydrogen-bond acceptors (Lipinski definition) is 6. The molecular weight excluding hydrogens is 334 g/mol. The van der Waals surface area contributed by atoms with E-state index < -0.39 is 0 Å². The monoisotopic (exact) mass is 359 g/mol. The lowest BCUT2D eigenvalue weighted by Gasteiger charge is -2.30. The average molecular weight is 359 g/mol. The van der Waals surface area contributed by atoms with Crippen LogP contribution >= 0.6 is 11.3 Å². The van der Waals surface area contributed by atoms with Crippen LogP contribution in [0.5, 0.6) is 0 Å². The number of hydrogen-bond donors (Lipinski definition) is 1. The summed E-state index contributed by atoms with van der Waals surface area (Å²) in [4.78, 5) is 19.3. The molecule has 1 aromatic heterocycles. The van der Waals surface area contributed by atoms with E-state index in [4.69, 9.17) is 6.42 Å². The van der Waals surface area contributed by atoms with Gasteiger partial charge in [0.05, 0.1) is 10.7 Å². The van der Waals surface area contributed by atoms with Crippen LogP contribution in [-0.2, 0) is 11.3 Å². The zero-order valence-electron chi connectivity index (χ0n) is 14.7. The largest absolute Gasteiger partial charge is 0.356 e. The fourth-order valence-electron chi connectivity index (χ4n) is 3.26. The fourth-order valence-corrected chi connectivity index (χ4v) is 3.87. The Labute approximate surface area is 153 Å². The van der Waals surface area contributed by atoms with E-state index in [9.17, 15) is 4.79 Å². The van der Waals surface area contributed by atoms with Crippen LogP contribution in [0.3, 0.4) is 0 Å². The molecule has 134 valence electrons. The summed E-state index contributed by atoms with van der Waals surface area (Å²) >= 11 is 1.69. The summed E-state index contributed by atoms with van der Waals surface area (Å²) in [5, 5.41) is 14.5. The second kappa shape index (κ2) is 8.07. The number of amides is 1. The molecular formula is C18H25N5OS. The first-order valence-corrected chi connectivity index (χ1v) is 9.77. The molecule has 0 unspecified atom stereocenters. The predicted molar refractivity (Wildman–Crippen MR) is 98.1 cm³/mol. The number of likely N-dealkylation sites (tertiary alicyclic amines) is 1. The molecule has 0 aromatic carbocycles. The normalized spacial score (nSPS) is 19.5. The van der Waals surface area contributed by atoms with Crippen LogP contribution in [-0.4, -0.2) is 41.1 Å². The molecule has 0 aliphatic carbocycles. The second-order valence-corrected chi connectivity index (χ2v) is 7.90. The third kappa shape index (κ3) is 5.10. The molecule has 0 bridgehead atoms. The molecule has 2 aliphatic heterocycles. The lowest BCUT2D eigenvalue weighted by molar-refractivity contribution is -0.126. The van der Waals surface area contributed by atoms with Crippen molar-refractivity contribution in [3.8, 4) is 12.3 Å². The highest BCUT2D eigenvalue weighted by molar-refractivity contribution is 7.09. The lowest BCUT2D eigenvalue weighted by Crippen LogP contribution is -2.41. The van der Waals surface area contributed by atoms with Crippen molar-refractivity contribution in [3.05, 3.63) is 16.1 Å². The molecule has 1 amide bonds. The van der Waals surface area contributed by atoms with Gasteiger partial charge < -0.3 is 5.32 Å². The van der Waals surface area contributed by atoms with Crippen LogP contribution in [0.1, 0.15) is 42.8 Å². The summed E-state index contributed by atoms with van der Waals surface area (Å²) in [6, 6.07) is 0. The maximum absolute atomic E-state index is 12.4. The molecule has 0 spiro atoms. The Bertz CT molecular complexity index is 663. The van der Waals surface area contributed by atoms with Gasteiger partial charge in [0.15, 0.2) is 5.66 Å². The van der Waals surface area contributed by atoms with E-state index in [1.807, 2.05) is 6.92 Å². The first-order valence-electron chi connectivity index (χ1n) is 8.89. The number of carbonyl (C=O) groups is 1. The molecule has 1 saturated heterocycles. The predicted octanol–water partition coefficient (Wildman–Crippen LogP) is 2.75. The Kier molecular flexibility index (Phi) is 5.82. The highest BCUT2D eigenvalue weighted by atomic mass is 32.1. The van der Waals surface area contributed by atoms with Crippen molar-refractivity contribution in [1.29, 1.82) is 0 Å². The number of rotatable bonds is 8. The minimum Gasteiger partial charge on any atom is -0.356 e. The summed E-state index contributed by atoms with van der Waals surface area (Å²) in [5.41, 5.74) is 0.828. The highest BCUT2D eigenvalue weighted by Crippen LogP contribution is 2.36. The topological polar surface area (TPSA) is 70.0 Å². The van der Waals surface area contributed by atoms with Crippen molar-refractivity contribution in [1.82, 2.24) is 15.2 Å². The second-order valence-electron chi connectivity index (χ2n) is 6.84. The first kappa shape index (κ1) is 18.0. The van der Waals surface area contributed by atoms with Crippen molar-refractivity contribution in [2.45, 2.75) is 51.2 Å². The number of nitrogens with zero attached hydrogens (tertiary/aromatic N) is 4. The van der Waals surface area contributed by atoms with Gasteiger partial charge in [-0.2, -0.15) is 10.2 Å². The minimum absolute atomic E-state index is 0.114. The molecule has 3 heterocycles. The van der Waals surface area contributed by atoms with E-state index in [2.05, 4.69) is 36.7 Å². The summed E-state index contributed by atoms with van der Waals surface area (Å²) in [6.07, 6.45) is 9.32. The Morgan fingerprint density at radius 2 is 2.20 bits per heavy atom. The van der Waals surface area contributed by atoms with Crippen molar-refractivity contribution in [2.75, 3.05) is 19.6 Å². The summed E-state index contributed by atoms with van der Waals surface area (Å²) in [7, 11) is 0. The fraction of sp³-hybridized carbons (Fsp3) is 0.667. The van der Waals surface area contributed by atoms with Gasteiger partial charge in [-0.25, -0.2) is 4.98 Å². The number of nitrogens with one attached hydrogen (secondary N) is 1. The number of piperidine rings is 1. The SMILES string of the molecule is C#CCCC1(CCNC(=O)C2CCN(Cc3csc(C)n3)CC2)N=N1. The third-order valence-corrected chi connectivity index (χ3v) is 5.71. The number of carbonyl (C=O) groups excluding carboxylic acids is 1. The summed E-state index contributed by atoms with van der Waals surface area (Å²) in [5.74, 6) is 2.90. The average Bonchev–Trinajstić information content (AvgIpc) is 3.27. The lowest BCUT2D eigenvalue weighted by atomic mass is 9.95. The van der Waals surface area contributed by atoms with Gasteiger partial charge in [0.25, 0.3) is 0 Å². The van der Waals surface area contributed by atoms with Crippen LogP contribution in [0.4, 0.5) is 0 Å². The van der Waals surface area contributed by atoms with Gasteiger partial charge in [-0.3, -0.25) is 9.69 Å². The Morgan fingerprint density at radius 1 is 1.44 bits per heavy atom. The Balaban J connectivity index is 1.34. The summed E-state index contributed by atoms with van der Waals surface area (Å²) < 4.78 is 0. The minimum atomic E-state index is -0.311. The van der Waals surface area contributed by atoms with Gasteiger partial charge >= 0.3 is 0 Å². The van der Waals surface area contributed by atoms with E-state index in [1.54, 1.807) is 11.3 Å². The van der Waals surface area contributed by atoms with Crippen molar-refractivity contribution in [3.63, 3.8) is 0 Å². The molecule has 6 nitrogen and oxygen atoms in total. The smallest absolute Gasteiger partial charge is 0.223 e. The van der Waals surface area contributed by atoms with Gasteiger partial charge in [-0.1, -0.05) is 0 Å². The van der Waals surface area contributed by atoms with Crippen molar-refractivity contribution >= 4 is 17.2 Å². The first-order chi connectivity index (χ1) is 12.1. The van der Waals surface area contributed by atoms with Crippen molar-refractivity contribution < 1.29 is 4.79 Å². The van der Waals surface area contributed by atoms with Crippen LogP contribution < -0.4 is 5.32 Å². The van der Waals surface area contributed by atoms with Crippen LogP contribution in [0.25, 0.3) is 0 Å². The van der Waals surface area contributed by atoms with Gasteiger partial charge in [0, 0.05) is 43.6 Å². The zero-order chi connectivity index (χ0) is 17.7. The highest BCUT2D eigenvalue weighted by Gasteiger charge is 2.38. The third-order valence-electron chi connectivity index (χ3n) is 4.89. The number of terminal acetylenes is 1. The number of thiazole rings is 1. The van der Waals surface area contributed by atoms with E-state index in [0.29, 0.717) is 13.0 Å². The van der Waals surface area contributed by atoms with Gasteiger partial charge in [-0.15, -0.1) is 23.7 Å². The molecule has 0 radical (unpaired) electrons. The molecule has 25 heavy (non-hydrogen) atoms. The van der Waals surface area contributed by atoms with Gasteiger partial charge in [0.1, 0.15) is 0 Å². The Morgan fingerprint density at radius 3 is 2.80 bits per heavy atom. The molecule has 1 fully saturated rings. The maximum atomic E-state index is 12.4. The molecule has 2 aliphatic rings. The Hall–Kier alpha value is -1.78. The molecule has 1 aromatic rings. The van der Waals surface area contributed by atoms with E-state index >= 15 is 0 Å². The molecule has 0 saturated carbocycles. The van der Waals surface area contributed by atoms with Crippen LogP contribution in [0.2, 0.25) is 0 Å². The van der Waals surface area contributed by atoms with E-state index in [-0.39, 0.29) is 17.5 Å². The summed E-state index contributed by atoms with van der Waals surface area (Å²) in [6.45, 7) is 5.44. The number of aryl methyl sites for hydroxylation is 1. The maximum Gasteiger partial charge on any atom is 0.223 e. The quantitative estimate of drug-likeness (QED) is 0.726. The van der Waals surface area contributed by atoms with Gasteiger partial charge in [-0.05, 0) is 32.9 Å². The standard InChI is InChI=1S/C18H25N5OS/c1-3-4-7-18(21-22-18)8-9-19-17(24)15-5-10-23(11-6-15)12-16-13-25-14(2)20-16/h1,13,15H,4-12H2,2H3,(H,19,24). The van der Waals surface area contributed by atoms with Gasteiger partial charge in [0.2, 0.25) is 5.91 Å². The molecule has 7 heteroatoms. The zero-order valence-corrected chi connectivity index (χ0v) is 15.5. The van der Waals surface area contributed by atoms with E-state index in [0.717, 1.165) is 56.0 Å². The van der Waals surface area contributed by atoms with Crippen LogP contribution in [0.15, 0.2) is 15.6 Å². The number of aromatic nitrogens is 1. The van der Waals surface area contributed by atoms with E-state index in [1.165, 1.54) is 0 Å². The molecule has 1 N–H and O–H groups in total.